The van der Waals surface area contributed by atoms with Crippen LogP contribution >= 0.6 is 0 Å². The van der Waals surface area contributed by atoms with Gasteiger partial charge in [0.1, 0.15) is 11.6 Å². The summed E-state index contributed by atoms with van der Waals surface area (Å²) in [4.78, 5) is 45.4. The number of imide groups is 1. The summed E-state index contributed by atoms with van der Waals surface area (Å²) >= 11 is 0. The monoisotopic (exact) mass is 468 g/mol. The molecule has 8 nitrogen and oxygen atoms in total. The van der Waals surface area contributed by atoms with Gasteiger partial charge in [-0.2, -0.15) is 0 Å². The fraction of sp³-hybridized carbons (Fsp3) is 0.654. The lowest BCUT2D eigenvalue weighted by atomic mass is 9.74. The number of amides is 4. The first-order valence-corrected chi connectivity index (χ1v) is 12.9. The van der Waals surface area contributed by atoms with Gasteiger partial charge in [0.05, 0.1) is 0 Å². The standard InChI is InChI=1S/C26H36N4O4/c31-23(22-9-6-18-34-22)29-14-10-21(11-15-29)26(19-20-7-2-1-3-8-20)24(32)30(25(33)27-26)17-16-28-12-4-5-13-28/h1-3,7-8,21-22H,4-6,9-19H2,(H,27,33)/t22-,26+/m1/s1. The Morgan fingerprint density at radius 3 is 2.38 bits per heavy atom. The van der Waals surface area contributed by atoms with Crippen molar-refractivity contribution in [2.45, 2.75) is 56.6 Å². The van der Waals surface area contributed by atoms with Crippen LogP contribution in [0.3, 0.4) is 0 Å². The Morgan fingerprint density at radius 1 is 0.971 bits per heavy atom. The quantitative estimate of drug-likeness (QED) is 0.620. The Kier molecular flexibility index (Phi) is 6.88. The fourth-order valence-electron chi connectivity index (χ4n) is 6.12. The first kappa shape index (κ1) is 23.3. The molecule has 1 aromatic rings. The van der Waals surface area contributed by atoms with Crippen LogP contribution in [0.15, 0.2) is 30.3 Å². The normalized spacial score (nSPS) is 28.6. The molecule has 0 radical (unpaired) electrons. The molecule has 1 aromatic carbocycles. The SMILES string of the molecule is O=C([C@H]1CCCO1)N1CCC([C@]2(Cc3ccccc3)NC(=O)N(CCN3CCCC3)C2=O)CC1. The molecule has 0 unspecified atom stereocenters. The van der Waals surface area contributed by atoms with E-state index in [2.05, 4.69) is 10.2 Å². The van der Waals surface area contributed by atoms with Crippen LogP contribution < -0.4 is 5.32 Å². The van der Waals surface area contributed by atoms with Crippen molar-refractivity contribution in [3.8, 4) is 0 Å². The number of rotatable bonds is 7. The molecule has 2 atom stereocenters. The number of nitrogens with one attached hydrogen (secondary N) is 1. The second-order valence-corrected chi connectivity index (χ2v) is 10.2. The average molecular weight is 469 g/mol. The molecule has 184 valence electrons. The first-order chi connectivity index (χ1) is 16.6. The van der Waals surface area contributed by atoms with Gasteiger partial charge in [-0.1, -0.05) is 30.3 Å². The molecular weight excluding hydrogens is 432 g/mol. The van der Waals surface area contributed by atoms with Crippen molar-refractivity contribution in [1.82, 2.24) is 20.0 Å². The summed E-state index contributed by atoms with van der Waals surface area (Å²) < 4.78 is 5.59. The third-order valence-corrected chi connectivity index (χ3v) is 8.07. The first-order valence-electron chi connectivity index (χ1n) is 12.9. The lowest BCUT2D eigenvalue weighted by Gasteiger charge is -2.41. The van der Waals surface area contributed by atoms with Gasteiger partial charge >= 0.3 is 6.03 Å². The number of hydrogen-bond donors (Lipinski definition) is 1. The van der Waals surface area contributed by atoms with E-state index >= 15 is 0 Å². The van der Waals surface area contributed by atoms with Crippen molar-refractivity contribution >= 4 is 17.8 Å². The van der Waals surface area contributed by atoms with Crippen LogP contribution in [-0.4, -0.2) is 90.1 Å². The summed E-state index contributed by atoms with van der Waals surface area (Å²) in [6.45, 7) is 5.08. The van der Waals surface area contributed by atoms with Crippen LogP contribution in [-0.2, 0) is 20.7 Å². The van der Waals surface area contributed by atoms with E-state index in [1.807, 2.05) is 35.2 Å². The maximum Gasteiger partial charge on any atom is 0.325 e. The van der Waals surface area contributed by atoms with E-state index in [0.29, 0.717) is 45.5 Å². The number of likely N-dealkylation sites (tertiary alicyclic amines) is 2. The van der Waals surface area contributed by atoms with Crippen LogP contribution in [0, 0.1) is 5.92 Å². The Balaban J connectivity index is 1.31. The molecule has 0 bridgehead atoms. The maximum absolute atomic E-state index is 13.9. The van der Waals surface area contributed by atoms with Crippen molar-refractivity contribution in [3.05, 3.63) is 35.9 Å². The molecule has 8 heteroatoms. The maximum atomic E-state index is 13.9. The summed E-state index contributed by atoms with van der Waals surface area (Å²) in [5, 5.41) is 3.15. The van der Waals surface area contributed by atoms with Gasteiger partial charge in [-0.05, 0) is 63.1 Å². The number of carbonyl (C=O) groups is 3. The van der Waals surface area contributed by atoms with Crippen molar-refractivity contribution in [3.63, 3.8) is 0 Å². The molecule has 4 aliphatic heterocycles. The zero-order chi connectivity index (χ0) is 23.5. The molecule has 0 aromatic heterocycles. The predicted octanol–water partition coefficient (Wildman–Crippen LogP) is 2.03. The van der Waals surface area contributed by atoms with Gasteiger partial charge in [-0.3, -0.25) is 14.5 Å². The summed E-state index contributed by atoms with van der Waals surface area (Å²) in [6, 6.07) is 9.66. The Morgan fingerprint density at radius 2 is 1.71 bits per heavy atom. The van der Waals surface area contributed by atoms with Gasteiger partial charge in [0, 0.05) is 39.2 Å². The van der Waals surface area contributed by atoms with Gasteiger partial charge in [0.2, 0.25) is 0 Å². The molecule has 0 saturated carbocycles. The second-order valence-electron chi connectivity index (χ2n) is 10.2. The summed E-state index contributed by atoms with van der Waals surface area (Å²) in [7, 11) is 0. The van der Waals surface area contributed by atoms with E-state index in [-0.39, 0.29) is 29.9 Å². The lowest BCUT2D eigenvalue weighted by molar-refractivity contribution is -0.143. The van der Waals surface area contributed by atoms with Crippen LogP contribution in [0.2, 0.25) is 0 Å². The molecule has 5 rings (SSSR count). The third-order valence-electron chi connectivity index (χ3n) is 8.07. The number of carbonyl (C=O) groups excluding carboxylic acids is 3. The lowest BCUT2D eigenvalue weighted by Crippen LogP contribution is -2.58. The highest BCUT2D eigenvalue weighted by molar-refractivity contribution is 6.07. The summed E-state index contributed by atoms with van der Waals surface area (Å²) in [5.74, 6) is -0.0546. The van der Waals surface area contributed by atoms with E-state index in [1.54, 1.807) is 0 Å². The van der Waals surface area contributed by atoms with Crippen molar-refractivity contribution in [2.75, 3.05) is 45.9 Å². The van der Waals surface area contributed by atoms with Gasteiger partial charge in [0.25, 0.3) is 11.8 Å². The Labute approximate surface area is 201 Å². The molecular formula is C26H36N4O4. The Hall–Kier alpha value is -2.45. The fourth-order valence-corrected chi connectivity index (χ4v) is 6.12. The molecule has 4 fully saturated rings. The van der Waals surface area contributed by atoms with Crippen LogP contribution in [0.5, 0.6) is 0 Å². The van der Waals surface area contributed by atoms with Crippen molar-refractivity contribution in [2.24, 2.45) is 5.92 Å². The predicted molar refractivity (Wildman–Crippen MR) is 127 cm³/mol. The van der Waals surface area contributed by atoms with E-state index in [9.17, 15) is 14.4 Å². The minimum atomic E-state index is -0.956. The van der Waals surface area contributed by atoms with E-state index in [0.717, 1.165) is 38.0 Å². The van der Waals surface area contributed by atoms with Crippen LogP contribution in [0.1, 0.15) is 44.1 Å². The summed E-state index contributed by atoms with van der Waals surface area (Å²) in [6.07, 6.45) is 5.63. The number of piperidine rings is 1. The molecule has 34 heavy (non-hydrogen) atoms. The number of nitrogens with zero attached hydrogens (tertiary/aromatic N) is 3. The van der Waals surface area contributed by atoms with Gasteiger partial charge < -0.3 is 19.9 Å². The number of hydrogen-bond acceptors (Lipinski definition) is 5. The molecule has 4 heterocycles. The highest BCUT2D eigenvalue weighted by atomic mass is 16.5. The zero-order valence-electron chi connectivity index (χ0n) is 19.9. The Bertz CT molecular complexity index is 889. The van der Waals surface area contributed by atoms with E-state index in [4.69, 9.17) is 4.74 Å². The van der Waals surface area contributed by atoms with Crippen molar-refractivity contribution < 1.29 is 19.1 Å². The van der Waals surface area contributed by atoms with Gasteiger partial charge in [0.15, 0.2) is 0 Å². The molecule has 0 spiro atoms. The second kappa shape index (κ2) is 10.0. The van der Waals surface area contributed by atoms with E-state index in [1.165, 1.54) is 17.7 Å². The van der Waals surface area contributed by atoms with Crippen molar-refractivity contribution in [1.29, 1.82) is 0 Å². The van der Waals surface area contributed by atoms with Crippen LogP contribution in [0.4, 0.5) is 4.79 Å². The van der Waals surface area contributed by atoms with Gasteiger partial charge in [-0.25, -0.2) is 4.79 Å². The molecule has 1 N–H and O–H groups in total. The molecule has 0 aliphatic carbocycles. The molecule has 4 aliphatic rings. The number of ether oxygens (including phenoxy) is 1. The topological polar surface area (TPSA) is 82.2 Å². The largest absolute Gasteiger partial charge is 0.368 e. The smallest absolute Gasteiger partial charge is 0.325 e. The van der Waals surface area contributed by atoms with Gasteiger partial charge in [-0.15, -0.1) is 0 Å². The molecule has 4 saturated heterocycles. The highest BCUT2D eigenvalue weighted by Gasteiger charge is 2.56. The number of benzene rings is 1. The highest BCUT2D eigenvalue weighted by Crippen LogP contribution is 2.37. The van der Waals surface area contributed by atoms with E-state index < -0.39 is 5.54 Å². The third kappa shape index (κ3) is 4.58. The average Bonchev–Trinajstić information content (AvgIpc) is 3.62. The minimum Gasteiger partial charge on any atom is -0.368 e. The summed E-state index contributed by atoms with van der Waals surface area (Å²) in [5.41, 5.74) is 0.0815. The van der Waals surface area contributed by atoms with Crippen LogP contribution in [0.25, 0.3) is 0 Å². The zero-order valence-corrected chi connectivity index (χ0v) is 19.9. The minimum absolute atomic E-state index is 0.0190. The number of urea groups is 1. The molecule has 4 amide bonds.